The van der Waals surface area contributed by atoms with Crippen LogP contribution in [0.25, 0.3) is 0 Å². The van der Waals surface area contributed by atoms with Crippen LogP contribution in [0, 0.1) is 11.8 Å². The van der Waals surface area contributed by atoms with Crippen molar-refractivity contribution in [3.8, 4) is 0 Å². The summed E-state index contributed by atoms with van der Waals surface area (Å²) >= 11 is 0. The lowest BCUT2D eigenvalue weighted by Gasteiger charge is -2.38. The number of hydrogen-bond acceptors (Lipinski definition) is 3. The average molecular weight is 321 g/mol. The number of rotatable bonds is 6. The van der Waals surface area contributed by atoms with Gasteiger partial charge in [0, 0.05) is 32.1 Å². The maximum Gasteiger partial charge on any atom is 0.245 e. The van der Waals surface area contributed by atoms with Gasteiger partial charge in [-0.25, -0.2) is 0 Å². The zero-order chi connectivity index (χ0) is 16.4. The molecule has 1 aliphatic carbocycles. The third kappa shape index (κ3) is 4.06. The highest BCUT2D eigenvalue weighted by molar-refractivity contribution is 5.88. The van der Waals surface area contributed by atoms with Crippen LogP contribution in [-0.4, -0.2) is 59.9 Å². The Bertz CT molecular complexity index is 440. The highest BCUT2D eigenvalue weighted by atomic mass is 16.2. The molecule has 2 aliphatic heterocycles. The Hall–Kier alpha value is -1.10. The van der Waals surface area contributed by atoms with Gasteiger partial charge in [0.25, 0.3) is 0 Å². The van der Waals surface area contributed by atoms with Crippen molar-refractivity contribution in [2.45, 2.75) is 64.5 Å². The van der Waals surface area contributed by atoms with Gasteiger partial charge in [0.05, 0.1) is 0 Å². The van der Waals surface area contributed by atoms with E-state index in [0.717, 1.165) is 51.4 Å². The Balaban J connectivity index is 1.52. The van der Waals surface area contributed by atoms with Crippen LogP contribution in [0.5, 0.6) is 0 Å². The third-order valence-electron chi connectivity index (χ3n) is 5.53. The molecular formula is C18H31N3O2. The van der Waals surface area contributed by atoms with E-state index >= 15 is 0 Å². The maximum atomic E-state index is 13.0. The molecule has 5 nitrogen and oxygen atoms in total. The van der Waals surface area contributed by atoms with Crippen molar-refractivity contribution in [2.24, 2.45) is 11.8 Å². The summed E-state index contributed by atoms with van der Waals surface area (Å²) in [6.07, 6.45) is 6.33. The molecule has 0 aromatic carbocycles. The molecule has 1 N–H and O–H groups in total. The SMILES string of the molecule is CC(C)C(C(=O)N1CCC(NCC2CC2)CC1)N1CCCC1=O. The predicted molar refractivity (Wildman–Crippen MR) is 89.9 cm³/mol. The van der Waals surface area contributed by atoms with Crippen LogP contribution in [0.15, 0.2) is 0 Å². The summed E-state index contributed by atoms with van der Waals surface area (Å²) in [4.78, 5) is 28.8. The Morgan fingerprint density at radius 2 is 1.87 bits per heavy atom. The number of piperidine rings is 1. The van der Waals surface area contributed by atoms with E-state index in [-0.39, 0.29) is 23.8 Å². The minimum Gasteiger partial charge on any atom is -0.341 e. The molecule has 23 heavy (non-hydrogen) atoms. The second-order valence-electron chi connectivity index (χ2n) is 7.83. The first-order chi connectivity index (χ1) is 11.1. The fourth-order valence-electron chi connectivity index (χ4n) is 3.89. The summed E-state index contributed by atoms with van der Waals surface area (Å²) < 4.78 is 0. The molecule has 0 spiro atoms. The second-order valence-corrected chi connectivity index (χ2v) is 7.83. The molecule has 0 aromatic heterocycles. The average Bonchev–Trinajstić information content (AvgIpc) is 3.28. The summed E-state index contributed by atoms with van der Waals surface area (Å²) in [7, 11) is 0. The molecule has 3 rings (SSSR count). The van der Waals surface area contributed by atoms with Gasteiger partial charge >= 0.3 is 0 Å². The van der Waals surface area contributed by atoms with E-state index in [4.69, 9.17) is 0 Å². The summed E-state index contributed by atoms with van der Waals surface area (Å²) in [6, 6.07) is 0.298. The fraction of sp³-hybridized carbons (Fsp3) is 0.889. The number of carbonyl (C=O) groups excluding carboxylic acids is 2. The quantitative estimate of drug-likeness (QED) is 0.809. The van der Waals surface area contributed by atoms with E-state index in [2.05, 4.69) is 19.2 Å². The van der Waals surface area contributed by atoms with Gasteiger partial charge in [0.15, 0.2) is 0 Å². The zero-order valence-corrected chi connectivity index (χ0v) is 14.6. The van der Waals surface area contributed by atoms with E-state index in [0.29, 0.717) is 12.5 Å². The van der Waals surface area contributed by atoms with Crippen molar-refractivity contribution in [2.75, 3.05) is 26.2 Å². The summed E-state index contributed by atoms with van der Waals surface area (Å²) in [5, 5.41) is 3.65. The number of nitrogens with one attached hydrogen (secondary N) is 1. The molecule has 130 valence electrons. The van der Waals surface area contributed by atoms with Gasteiger partial charge in [0.1, 0.15) is 6.04 Å². The number of carbonyl (C=O) groups is 2. The first kappa shape index (κ1) is 16.7. The molecule has 2 saturated heterocycles. The summed E-state index contributed by atoms with van der Waals surface area (Å²) in [5.41, 5.74) is 0. The minimum atomic E-state index is -0.263. The molecule has 2 amide bonds. The lowest BCUT2D eigenvalue weighted by molar-refractivity contribution is -0.146. The first-order valence-corrected chi connectivity index (χ1v) is 9.38. The Morgan fingerprint density at radius 3 is 2.39 bits per heavy atom. The number of hydrogen-bond donors (Lipinski definition) is 1. The monoisotopic (exact) mass is 321 g/mol. The molecule has 1 unspecified atom stereocenters. The van der Waals surface area contributed by atoms with Crippen molar-refractivity contribution in [1.82, 2.24) is 15.1 Å². The Labute approximate surface area is 139 Å². The van der Waals surface area contributed by atoms with Crippen molar-refractivity contribution >= 4 is 11.8 Å². The van der Waals surface area contributed by atoms with Gasteiger partial charge in [-0.15, -0.1) is 0 Å². The smallest absolute Gasteiger partial charge is 0.245 e. The van der Waals surface area contributed by atoms with Crippen LogP contribution in [-0.2, 0) is 9.59 Å². The van der Waals surface area contributed by atoms with Crippen molar-refractivity contribution < 1.29 is 9.59 Å². The van der Waals surface area contributed by atoms with Crippen molar-refractivity contribution in [1.29, 1.82) is 0 Å². The molecule has 3 fully saturated rings. The van der Waals surface area contributed by atoms with Crippen LogP contribution in [0.2, 0.25) is 0 Å². The normalized spacial score (nSPS) is 24.6. The summed E-state index contributed by atoms with van der Waals surface area (Å²) in [6.45, 7) is 7.65. The van der Waals surface area contributed by atoms with Crippen LogP contribution in [0.4, 0.5) is 0 Å². The van der Waals surface area contributed by atoms with Gasteiger partial charge in [-0.1, -0.05) is 13.8 Å². The Kier molecular flexibility index (Phi) is 5.24. The van der Waals surface area contributed by atoms with E-state index in [1.54, 1.807) is 0 Å². The molecule has 0 radical (unpaired) electrons. The molecule has 1 saturated carbocycles. The molecule has 3 aliphatic rings. The van der Waals surface area contributed by atoms with Gasteiger partial charge in [-0.05, 0) is 50.5 Å². The van der Waals surface area contributed by atoms with Crippen LogP contribution < -0.4 is 5.32 Å². The summed E-state index contributed by atoms with van der Waals surface area (Å²) in [5.74, 6) is 1.39. The van der Waals surface area contributed by atoms with E-state index in [1.807, 2.05) is 9.80 Å². The van der Waals surface area contributed by atoms with Gasteiger partial charge in [-0.3, -0.25) is 9.59 Å². The van der Waals surface area contributed by atoms with Crippen molar-refractivity contribution in [3.63, 3.8) is 0 Å². The first-order valence-electron chi connectivity index (χ1n) is 9.38. The lowest BCUT2D eigenvalue weighted by Crippen LogP contribution is -2.54. The largest absolute Gasteiger partial charge is 0.341 e. The molecule has 1 atom stereocenters. The van der Waals surface area contributed by atoms with E-state index in [9.17, 15) is 9.59 Å². The van der Waals surface area contributed by atoms with E-state index < -0.39 is 0 Å². The second kappa shape index (κ2) is 7.20. The minimum absolute atomic E-state index is 0.151. The molecule has 2 heterocycles. The molecular weight excluding hydrogens is 290 g/mol. The third-order valence-corrected chi connectivity index (χ3v) is 5.53. The standard InChI is InChI=1S/C18H31N3O2/c1-13(2)17(21-9-3-4-16(21)22)18(23)20-10-7-15(8-11-20)19-12-14-5-6-14/h13-15,17,19H,3-12H2,1-2H3. The zero-order valence-electron chi connectivity index (χ0n) is 14.6. The fourth-order valence-corrected chi connectivity index (χ4v) is 3.89. The van der Waals surface area contributed by atoms with Crippen LogP contribution in [0.3, 0.4) is 0 Å². The van der Waals surface area contributed by atoms with Gasteiger partial charge in [0.2, 0.25) is 11.8 Å². The number of likely N-dealkylation sites (tertiary alicyclic amines) is 2. The predicted octanol–water partition coefficient (Wildman–Crippen LogP) is 1.62. The van der Waals surface area contributed by atoms with Gasteiger partial charge < -0.3 is 15.1 Å². The van der Waals surface area contributed by atoms with E-state index in [1.165, 1.54) is 12.8 Å². The van der Waals surface area contributed by atoms with Crippen LogP contribution in [0.1, 0.15) is 52.4 Å². The maximum absolute atomic E-state index is 13.0. The molecule has 5 heteroatoms. The van der Waals surface area contributed by atoms with Crippen LogP contribution >= 0.6 is 0 Å². The molecule has 0 bridgehead atoms. The lowest BCUT2D eigenvalue weighted by atomic mass is 9.98. The van der Waals surface area contributed by atoms with Gasteiger partial charge in [-0.2, -0.15) is 0 Å². The molecule has 0 aromatic rings. The number of amides is 2. The number of nitrogens with zero attached hydrogens (tertiary/aromatic N) is 2. The Morgan fingerprint density at radius 1 is 1.17 bits per heavy atom. The van der Waals surface area contributed by atoms with Crippen molar-refractivity contribution in [3.05, 3.63) is 0 Å². The highest BCUT2D eigenvalue weighted by Gasteiger charge is 2.38. The topological polar surface area (TPSA) is 52.7 Å². The highest BCUT2D eigenvalue weighted by Crippen LogP contribution is 2.28.